The van der Waals surface area contributed by atoms with E-state index < -0.39 is 5.41 Å². The van der Waals surface area contributed by atoms with E-state index >= 15 is 0 Å². The standard InChI is InChI=1S/C22H27N5O3/c1-15(16-7-5-4-6-8-16)25-21-24-13-17-9-10-18(29)27(19(17)26-21)14-22(2,3)20(30)23-11-12-28/h4-10,13,15,28H,11-12,14H2,1-3H3,(H,23,30)(H,24,25,26)/t15-/m0/s1. The van der Waals surface area contributed by atoms with Crippen LogP contribution >= 0.6 is 0 Å². The van der Waals surface area contributed by atoms with Gasteiger partial charge in [-0.1, -0.05) is 30.3 Å². The molecule has 0 fully saturated rings. The summed E-state index contributed by atoms with van der Waals surface area (Å²) in [5.41, 5.74) is 0.436. The number of rotatable bonds is 8. The molecule has 8 nitrogen and oxygen atoms in total. The molecule has 0 aliphatic carbocycles. The number of carbonyl (C=O) groups is 1. The summed E-state index contributed by atoms with van der Waals surface area (Å²) in [4.78, 5) is 34.0. The Kier molecular flexibility index (Phi) is 6.47. The van der Waals surface area contributed by atoms with Crippen LogP contribution in [0, 0.1) is 5.41 Å². The molecule has 3 aromatic rings. The molecule has 158 valence electrons. The van der Waals surface area contributed by atoms with Crippen molar-refractivity contribution in [2.24, 2.45) is 5.41 Å². The first-order valence-electron chi connectivity index (χ1n) is 9.89. The predicted octanol–water partition coefficient (Wildman–Crippen LogP) is 2.10. The van der Waals surface area contributed by atoms with Crippen molar-refractivity contribution in [3.8, 4) is 0 Å². The summed E-state index contributed by atoms with van der Waals surface area (Å²) in [5, 5.41) is 15.6. The molecule has 3 rings (SSSR count). The molecule has 0 saturated heterocycles. The molecule has 2 heterocycles. The summed E-state index contributed by atoms with van der Waals surface area (Å²) >= 11 is 0. The highest BCUT2D eigenvalue weighted by molar-refractivity contribution is 5.82. The zero-order valence-corrected chi connectivity index (χ0v) is 17.4. The Morgan fingerprint density at radius 3 is 2.63 bits per heavy atom. The van der Waals surface area contributed by atoms with Crippen LogP contribution in [0.4, 0.5) is 5.95 Å². The molecule has 0 radical (unpaired) electrons. The second-order valence-corrected chi connectivity index (χ2v) is 7.87. The highest BCUT2D eigenvalue weighted by atomic mass is 16.3. The number of nitrogens with one attached hydrogen (secondary N) is 2. The molecule has 0 bridgehead atoms. The lowest BCUT2D eigenvalue weighted by molar-refractivity contribution is -0.130. The van der Waals surface area contributed by atoms with Crippen molar-refractivity contribution in [3.05, 3.63) is 64.6 Å². The fraction of sp³-hybridized carbons (Fsp3) is 0.364. The summed E-state index contributed by atoms with van der Waals surface area (Å²) in [6.07, 6.45) is 1.66. The second kappa shape index (κ2) is 9.04. The van der Waals surface area contributed by atoms with Crippen molar-refractivity contribution >= 4 is 22.9 Å². The highest BCUT2D eigenvalue weighted by Gasteiger charge is 2.29. The lowest BCUT2D eigenvalue weighted by Gasteiger charge is -2.25. The van der Waals surface area contributed by atoms with Gasteiger partial charge in [-0.3, -0.25) is 14.2 Å². The predicted molar refractivity (Wildman–Crippen MR) is 116 cm³/mol. The van der Waals surface area contributed by atoms with E-state index in [-0.39, 0.29) is 37.2 Å². The Labute approximate surface area is 175 Å². The molecule has 1 atom stereocenters. The van der Waals surface area contributed by atoms with Gasteiger partial charge in [0.1, 0.15) is 5.65 Å². The van der Waals surface area contributed by atoms with E-state index in [1.54, 1.807) is 26.1 Å². The monoisotopic (exact) mass is 409 g/mol. The van der Waals surface area contributed by atoms with E-state index in [2.05, 4.69) is 20.6 Å². The van der Waals surface area contributed by atoms with Crippen molar-refractivity contribution in [3.63, 3.8) is 0 Å². The van der Waals surface area contributed by atoms with E-state index in [4.69, 9.17) is 5.11 Å². The minimum Gasteiger partial charge on any atom is -0.395 e. The normalized spacial score (nSPS) is 12.5. The maximum atomic E-state index is 12.6. The number of fused-ring (bicyclic) bond motifs is 1. The molecule has 0 aliphatic rings. The smallest absolute Gasteiger partial charge is 0.252 e. The maximum Gasteiger partial charge on any atom is 0.252 e. The summed E-state index contributed by atoms with van der Waals surface area (Å²) in [7, 11) is 0. The summed E-state index contributed by atoms with van der Waals surface area (Å²) in [6, 6.07) is 13.0. The van der Waals surface area contributed by atoms with Crippen LogP contribution in [-0.2, 0) is 11.3 Å². The third-order valence-electron chi connectivity index (χ3n) is 4.93. The topological polar surface area (TPSA) is 109 Å². The average Bonchev–Trinajstić information content (AvgIpc) is 2.74. The first-order valence-corrected chi connectivity index (χ1v) is 9.89. The Hall–Kier alpha value is -3.26. The lowest BCUT2D eigenvalue weighted by Crippen LogP contribution is -2.42. The third kappa shape index (κ3) is 4.83. The minimum atomic E-state index is -0.872. The zero-order chi connectivity index (χ0) is 21.7. The third-order valence-corrected chi connectivity index (χ3v) is 4.93. The van der Waals surface area contributed by atoms with Crippen LogP contribution in [0.25, 0.3) is 11.0 Å². The van der Waals surface area contributed by atoms with Crippen LogP contribution in [0.5, 0.6) is 0 Å². The summed E-state index contributed by atoms with van der Waals surface area (Å²) in [5.74, 6) is 0.159. The van der Waals surface area contributed by atoms with Gasteiger partial charge in [-0.15, -0.1) is 0 Å². The van der Waals surface area contributed by atoms with Crippen LogP contribution in [0.2, 0.25) is 0 Å². The first kappa shape index (κ1) is 21.4. The van der Waals surface area contributed by atoms with Crippen LogP contribution in [0.3, 0.4) is 0 Å². The minimum absolute atomic E-state index is 0.0202. The van der Waals surface area contributed by atoms with Crippen LogP contribution < -0.4 is 16.2 Å². The van der Waals surface area contributed by atoms with E-state index in [1.807, 2.05) is 37.3 Å². The van der Waals surface area contributed by atoms with Gasteiger partial charge in [-0.2, -0.15) is 4.98 Å². The number of amides is 1. The quantitative estimate of drug-likeness (QED) is 0.526. The number of hydrogen-bond acceptors (Lipinski definition) is 6. The van der Waals surface area contributed by atoms with E-state index in [9.17, 15) is 9.59 Å². The number of aliphatic hydroxyl groups is 1. The zero-order valence-electron chi connectivity index (χ0n) is 17.4. The Morgan fingerprint density at radius 2 is 1.93 bits per heavy atom. The van der Waals surface area contributed by atoms with Crippen molar-refractivity contribution in [2.75, 3.05) is 18.5 Å². The number of nitrogens with zero attached hydrogens (tertiary/aromatic N) is 3. The number of carbonyl (C=O) groups excluding carboxylic acids is 1. The molecule has 0 saturated carbocycles. The van der Waals surface area contributed by atoms with Crippen molar-refractivity contribution < 1.29 is 9.90 Å². The molecule has 2 aromatic heterocycles. The molecular weight excluding hydrogens is 382 g/mol. The average molecular weight is 409 g/mol. The largest absolute Gasteiger partial charge is 0.395 e. The maximum absolute atomic E-state index is 12.6. The molecule has 0 aliphatic heterocycles. The van der Waals surface area contributed by atoms with Gasteiger partial charge < -0.3 is 15.7 Å². The number of pyridine rings is 1. The summed E-state index contributed by atoms with van der Waals surface area (Å²) in [6.45, 7) is 5.69. The van der Waals surface area contributed by atoms with Gasteiger partial charge in [-0.05, 0) is 32.4 Å². The number of benzene rings is 1. The van der Waals surface area contributed by atoms with E-state index in [0.29, 0.717) is 17.0 Å². The SMILES string of the molecule is C[C@H](Nc1ncc2ccc(=O)n(CC(C)(C)C(=O)NCCO)c2n1)c1ccccc1. The highest BCUT2D eigenvalue weighted by Crippen LogP contribution is 2.22. The fourth-order valence-corrected chi connectivity index (χ4v) is 3.19. The molecule has 8 heteroatoms. The first-order chi connectivity index (χ1) is 14.3. The molecule has 1 amide bonds. The van der Waals surface area contributed by atoms with Crippen molar-refractivity contribution in [1.29, 1.82) is 0 Å². The van der Waals surface area contributed by atoms with E-state index in [1.165, 1.54) is 10.6 Å². The van der Waals surface area contributed by atoms with Crippen LogP contribution in [0.1, 0.15) is 32.4 Å². The van der Waals surface area contributed by atoms with Crippen molar-refractivity contribution in [2.45, 2.75) is 33.4 Å². The molecule has 3 N–H and O–H groups in total. The molecular formula is C22H27N5O3. The van der Waals surface area contributed by atoms with E-state index in [0.717, 1.165) is 5.56 Å². The van der Waals surface area contributed by atoms with Gasteiger partial charge in [0.05, 0.1) is 18.1 Å². The number of aromatic nitrogens is 3. The Bertz CT molecular complexity index is 1080. The fourth-order valence-electron chi connectivity index (χ4n) is 3.19. The molecule has 0 spiro atoms. The second-order valence-electron chi connectivity index (χ2n) is 7.87. The van der Waals surface area contributed by atoms with Gasteiger partial charge in [0.25, 0.3) is 5.56 Å². The van der Waals surface area contributed by atoms with Gasteiger partial charge in [-0.25, -0.2) is 4.98 Å². The number of anilines is 1. The number of hydrogen-bond donors (Lipinski definition) is 3. The van der Waals surface area contributed by atoms with Crippen LogP contribution in [0.15, 0.2) is 53.5 Å². The van der Waals surface area contributed by atoms with Gasteiger partial charge in [0.2, 0.25) is 11.9 Å². The molecule has 0 unspecified atom stereocenters. The van der Waals surface area contributed by atoms with Crippen molar-refractivity contribution in [1.82, 2.24) is 19.9 Å². The van der Waals surface area contributed by atoms with Gasteiger partial charge in [0, 0.05) is 30.7 Å². The Morgan fingerprint density at radius 1 is 1.20 bits per heavy atom. The molecule has 1 aromatic carbocycles. The number of aliphatic hydroxyl groups excluding tert-OH is 1. The summed E-state index contributed by atoms with van der Waals surface area (Å²) < 4.78 is 1.49. The molecule has 30 heavy (non-hydrogen) atoms. The van der Waals surface area contributed by atoms with Gasteiger partial charge in [0.15, 0.2) is 0 Å². The van der Waals surface area contributed by atoms with Gasteiger partial charge >= 0.3 is 0 Å². The lowest BCUT2D eigenvalue weighted by atomic mass is 9.92. The Balaban J connectivity index is 1.92. The van der Waals surface area contributed by atoms with Crippen LogP contribution in [-0.4, -0.2) is 38.7 Å².